The van der Waals surface area contributed by atoms with Crippen LogP contribution < -0.4 is 11.2 Å². The fourth-order valence-electron chi connectivity index (χ4n) is 2.27. The van der Waals surface area contributed by atoms with Gasteiger partial charge in [0.15, 0.2) is 0 Å². The first kappa shape index (κ1) is 18.1. The number of nitrogen functional groups attached to an aromatic ring is 1. The number of benzene rings is 1. The van der Waals surface area contributed by atoms with Gasteiger partial charge in [-0.15, -0.1) is 0 Å². The SMILES string of the molecule is COC(=O)c1c(N)c([N+](=O)[O-])cc(B2OC(C)(C)C(C)(C)O2)c1F. The maximum atomic E-state index is 14.8. The lowest BCUT2D eigenvalue weighted by atomic mass is 9.77. The summed E-state index contributed by atoms with van der Waals surface area (Å²) in [6.45, 7) is 6.99. The standard InChI is InChI=1S/C14H18BFN2O6/c1-13(2)14(3,4)24-15(23-13)7-6-8(18(20)21)11(17)9(10(7)16)12(19)22-5/h6H,17H2,1-5H3. The maximum absolute atomic E-state index is 14.8. The minimum atomic E-state index is -1.22. The summed E-state index contributed by atoms with van der Waals surface area (Å²) in [6, 6.07) is 0.916. The molecule has 2 N–H and O–H groups in total. The van der Waals surface area contributed by atoms with E-state index in [4.69, 9.17) is 15.0 Å². The molecule has 0 atom stereocenters. The molecular weight excluding hydrogens is 322 g/mol. The Morgan fingerprint density at radius 3 is 2.25 bits per heavy atom. The summed E-state index contributed by atoms with van der Waals surface area (Å²) in [5.41, 5.74) is 1.78. The smallest absolute Gasteiger partial charge is 0.465 e. The highest BCUT2D eigenvalue weighted by atomic mass is 19.1. The quantitative estimate of drug-likeness (QED) is 0.291. The minimum Gasteiger partial charge on any atom is -0.465 e. The number of nitrogens with two attached hydrogens (primary N) is 1. The molecule has 10 heteroatoms. The van der Waals surface area contributed by atoms with Crippen LogP contribution in [-0.4, -0.2) is 36.3 Å². The van der Waals surface area contributed by atoms with Crippen molar-refractivity contribution in [3.05, 3.63) is 27.6 Å². The summed E-state index contributed by atoms with van der Waals surface area (Å²) in [4.78, 5) is 22.2. The number of nitro benzene ring substituents is 1. The van der Waals surface area contributed by atoms with Crippen LogP contribution in [0.15, 0.2) is 6.07 Å². The molecule has 0 unspecified atom stereocenters. The highest BCUT2D eigenvalue weighted by Crippen LogP contribution is 2.37. The van der Waals surface area contributed by atoms with E-state index in [1.54, 1.807) is 27.7 Å². The Labute approximate surface area is 138 Å². The molecule has 1 aromatic carbocycles. The molecular formula is C14H18BFN2O6. The molecule has 24 heavy (non-hydrogen) atoms. The first-order valence-electron chi connectivity index (χ1n) is 7.13. The summed E-state index contributed by atoms with van der Waals surface area (Å²) < 4.78 is 30.7. The largest absolute Gasteiger partial charge is 0.498 e. The van der Waals surface area contributed by atoms with Gasteiger partial charge >= 0.3 is 13.1 Å². The van der Waals surface area contributed by atoms with Crippen molar-refractivity contribution in [2.24, 2.45) is 0 Å². The van der Waals surface area contributed by atoms with Gasteiger partial charge in [-0.05, 0) is 27.7 Å². The van der Waals surface area contributed by atoms with Gasteiger partial charge in [-0.2, -0.15) is 0 Å². The van der Waals surface area contributed by atoms with E-state index in [0.717, 1.165) is 13.2 Å². The van der Waals surface area contributed by atoms with Crippen molar-refractivity contribution in [3.8, 4) is 0 Å². The predicted molar refractivity (Wildman–Crippen MR) is 84.5 cm³/mol. The number of esters is 1. The Hall–Kier alpha value is -2.20. The minimum absolute atomic E-state index is 0.282. The third kappa shape index (κ3) is 2.71. The van der Waals surface area contributed by atoms with Crippen molar-refractivity contribution in [1.82, 2.24) is 0 Å². The molecule has 0 aromatic heterocycles. The lowest BCUT2D eigenvalue weighted by Gasteiger charge is -2.32. The van der Waals surface area contributed by atoms with Gasteiger partial charge in [0.05, 0.1) is 23.2 Å². The topological polar surface area (TPSA) is 114 Å². The van der Waals surface area contributed by atoms with Crippen LogP contribution in [0.4, 0.5) is 15.8 Å². The first-order valence-corrected chi connectivity index (χ1v) is 7.13. The van der Waals surface area contributed by atoms with Crippen molar-refractivity contribution < 1.29 is 28.2 Å². The van der Waals surface area contributed by atoms with Gasteiger partial charge in [0.2, 0.25) is 0 Å². The predicted octanol–water partition coefficient (Wildman–Crippen LogP) is 1.40. The molecule has 1 fully saturated rings. The van der Waals surface area contributed by atoms with Crippen LogP contribution in [0.3, 0.4) is 0 Å². The monoisotopic (exact) mass is 340 g/mol. The highest BCUT2D eigenvalue weighted by molar-refractivity contribution is 6.62. The van der Waals surface area contributed by atoms with Crippen LogP contribution in [0.2, 0.25) is 0 Å². The Morgan fingerprint density at radius 2 is 1.83 bits per heavy atom. The molecule has 2 rings (SSSR count). The number of halogens is 1. The van der Waals surface area contributed by atoms with Crippen LogP contribution in [0.5, 0.6) is 0 Å². The van der Waals surface area contributed by atoms with Crippen molar-refractivity contribution in [2.75, 3.05) is 12.8 Å². The molecule has 8 nitrogen and oxygen atoms in total. The fourth-order valence-corrected chi connectivity index (χ4v) is 2.27. The molecule has 0 spiro atoms. The molecule has 1 aliphatic rings. The van der Waals surface area contributed by atoms with E-state index in [9.17, 15) is 19.3 Å². The third-order valence-corrected chi connectivity index (χ3v) is 4.40. The highest BCUT2D eigenvalue weighted by Gasteiger charge is 2.53. The molecule has 1 saturated heterocycles. The number of carbonyl (C=O) groups excluding carboxylic acids is 1. The number of nitrogens with zero attached hydrogens (tertiary/aromatic N) is 1. The van der Waals surface area contributed by atoms with Crippen molar-refractivity contribution in [3.63, 3.8) is 0 Å². The molecule has 1 heterocycles. The number of ether oxygens (including phenoxy) is 1. The lowest BCUT2D eigenvalue weighted by molar-refractivity contribution is -0.383. The second-order valence-corrected chi connectivity index (χ2v) is 6.42. The van der Waals surface area contributed by atoms with Gasteiger partial charge < -0.3 is 19.8 Å². The summed E-state index contributed by atoms with van der Waals surface area (Å²) in [5, 5.41) is 11.2. The summed E-state index contributed by atoms with van der Waals surface area (Å²) in [5.74, 6) is -2.19. The van der Waals surface area contributed by atoms with Gasteiger partial charge in [0.25, 0.3) is 5.69 Å². The van der Waals surface area contributed by atoms with Crippen molar-refractivity contribution >= 4 is 29.9 Å². The van der Waals surface area contributed by atoms with Crippen LogP contribution in [0, 0.1) is 15.9 Å². The molecule has 130 valence electrons. The normalized spacial score (nSPS) is 18.5. The van der Waals surface area contributed by atoms with Crippen LogP contribution in [-0.2, 0) is 14.0 Å². The molecule has 1 aromatic rings. The zero-order valence-electron chi connectivity index (χ0n) is 14.0. The summed E-state index contributed by atoms with van der Waals surface area (Å²) in [6.07, 6.45) is 0. The number of hydrogen-bond acceptors (Lipinski definition) is 7. The van der Waals surface area contributed by atoms with E-state index in [2.05, 4.69) is 4.74 Å². The average Bonchev–Trinajstić information content (AvgIpc) is 2.66. The van der Waals surface area contributed by atoms with Crippen LogP contribution >= 0.6 is 0 Å². The van der Waals surface area contributed by atoms with Gasteiger partial charge in [0.1, 0.15) is 17.1 Å². The Morgan fingerprint density at radius 1 is 1.33 bits per heavy atom. The fraction of sp³-hybridized carbons (Fsp3) is 0.500. The Kier molecular flexibility index (Phi) is 4.32. The Balaban J connectivity index is 2.66. The molecule has 0 amide bonds. The third-order valence-electron chi connectivity index (χ3n) is 4.40. The first-order chi connectivity index (χ1) is 10.9. The number of nitro groups is 1. The van der Waals surface area contributed by atoms with Crippen molar-refractivity contribution in [2.45, 2.75) is 38.9 Å². The van der Waals surface area contributed by atoms with Gasteiger partial charge in [-0.1, -0.05) is 0 Å². The van der Waals surface area contributed by atoms with Crippen LogP contribution in [0.1, 0.15) is 38.1 Å². The number of anilines is 1. The van der Waals surface area contributed by atoms with E-state index >= 15 is 0 Å². The van der Waals surface area contributed by atoms with Gasteiger partial charge in [-0.25, -0.2) is 9.18 Å². The molecule has 0 radical (unpaired) electrons. The van der Waals surface area contributed by atoms with Crippen LogP contribution in [0.25, 0.3) is 0 Å². The van der Waals surface area contributed by atoms with E-state index in [0.29, 0.717) is 0 Å². The van der Waals surface area contributed by atoms with E-state index in [-0.39, 0.29) is 5.46 Å². The van der Waals surface area contributed by atoms with Gasteiger partial charge in [0, 0.05) is 11.5 Å². The molecule has 1 aliphatic heterocycles. The summed E-state index contributed by atoms with van der Waals surface area (Å²) in [7, 11) is -0.202. The number of methoxy groups -OCH3 is 1. The van der Waals surface area contributed by atoms with Crippen molar-refractivity contribution in [1.29, 1.82) is 0 Å². The zero-order chi connectivity index (χ0) is 18.4. The zero-order valence-corrected chi connectivity index (χ0v) is 14.0. The molecule has 0 bridgehead atoms. The average molecular weight is 340 g/mol. The molecule has 0 saturated carbocycles. The van der Waals surface area contributed by atoms with Gasteiger partial charge in [-0.3, -0.25) is 10.1 Å². The molecule has 0 aliphatic carbocycles. The second-order valence-electron chi connectivity index (χ2n) is 6.42. The number of carbonyl (C=O) groups is 1. The summed E-state index contributed by atoms with van der Waals surface area (Å²) >= 11 is 0. The number of rotatable bonds is 3. The van der Waals surface area contributed by atoms with E-state index in [1.807, 2.05) is 0 Å². The Bertz CT molecular complexity index is 706. The maximum Gasteiger partial charge on any atom is 0.498 e. The number of hydrogen-bond donors (Lipinski definition) is 1. The van der Waals surface area contributed by atoms with E-state index in [1.165, 1.54) is 0 Å². The second kappa shape index (κ2) is 5.71. The lowest BCUT2D eigenvalue weighted by Crippen LogP contribution is -2.41. The van der Waals surface area contributed by atoms with E-state index < -0.39 is 52.0 Å².